The Morgan fingerprint density at radius 2 is 1.74 bits per heavy atom. The topological polar surface area (TPSA) is 67.2 Å². The molecular formula is C19H19FN6O. The van der Waals surface area contributed by atoms with Crippen molar-refractivity contribution in [3.63, 3.8) is 0 Å². The Balaban J connectivity index is 1.34. The number of amides is 1. The van der Waals surface area contributed by atoms with Crippen molar-refractivity contribution in [1.82, 2.24) is 24.6 Å². The van der Waals surface area contributed by atoms with Gasteiger partial charge in [0.2, 0.25) is 5.91 Å². The lowest BCUT2D eigenvalue weighted by atomic mass is 10.1. The molecule has 3 heterocycles. The second-order valence-corrected chi connectivity index (χ2v) is 6.36. The van der Waals surface area contributed by atoms with Gasteiger partial charge in [-0.3, -0.25) is 9.36 Å². The summed E-state index contributed by atoms with van der Waals surface area (Å²) in [7, 11) is 0. The van der Waals surface area contributed by atoms with Gasteiger partial charge < -0.3 is 9.80 Å². The fourth-order valence-electron chi connectivity index (χ4n) is 3.12. The summed E-state index contributed by atoms with van der Waals surface area (Å²) in [6.45, 7) is 2.50. The van der Waals surface area contributed by atoms with Crippen LogP contribution in [0.1, 0.15) is 5.56 Å². The van der Waals surface area contributed by atoms with Crippen LogP contribution in [0.5, 0.6) is 0 Å². The van der Waals surface area contributed by atoms with E-state index >= 15 is 0 Å². The van der Waals surface area contributed by atoms with E-state index in [0.717, 1.165) is 5.82 Å². The summed E-state index contributed by atoms with van der Waals surface area (Å²) in [6, 6.07) is 10.2. The van der Waals surface area contributed by atoms with Gasteiger partial charge in [-0.05, 0) is 23.8 Å². The standard InChI is InChI=1S/C19H19FN6O/c20-16-4-2-1-3-15(16)13-19(27)25-11-9-24(10-12-25)17-5-6-18(23-22-17)26-8-7-21-14-26/h1-8,14H,9-13H2. The van der Waals surface area contributed by atoms with Crippen LogP contribution in [0, 0.1) is 5.82 Å². The summed E-state index contributed by atoms with van der Waals surface area (Å²) in [4.78, 5) is 20.3. The second kappa shape index (κ2) is 7.53. The predicted molar refractivity (Wildman–Crippen MR) is 98.1 cm³/mol. The van der Waals surface area contributed by atoms with E-state index < -0.39 is 0 Å². The van der Waals surface area contributed by atoms with E-state index in [2.05, 4.69) is 20.1 Å². The largest absolute Gasteiger partial charge is 0.352 e. The molecule has 0 bridgehead atoms. The average Bonchev–Trinajstić information content (AvgIpc) is 3.25. The quantitative estimate of drug-likeness (QED) is 0.703. The van der Waals surface area contributed by atoms with Crippen LogP contribution in [-0.2, 0) is 11.2 Å². The zero-order valence-electron chi connectivity index (χ0n) is 14.7. The third kappa shape index (κ3) is 3.79. The second-order valence-electron chi connectivity index (χ2n) is 6.36. The van der Waals surface area contributed by atoms with E-state index in [1.807, 2.05) is 18.3 Å². The first-order valence-electron chi connectivity index (χ1n) is 8.79. The lowest BCUT2D eigenvalue weighted by Gasteiger charge is -2.35. The molecule has 0 N–H and O–H groups in total. The van der Waals surface area contributed by atoms with Crippen LogP contribution in [0.15, 0.2) is 55.1 Å². The minimum atomic E-state index is -0.335. The van der Waals surface area contributed by atoms with Crippen LogP contribution in [0.2, 0.25) is 0 Å². The van der Waals surface area contributed by atoms with Gasteiger partial charge in [0.15, 0.2) is 11.6 Å². The highest BCUT2D eigenvalue weighted by Crippen LogP contribution is 2.15. The molecule has 0 aliphatic carbocycles. The van der Waals surface area contributed by atoms with Crippen molar-refractivity contribution in [2.75, 3.05) is 31.1 Å². The number of benzene rings is 1. The number of carbonyl (C=O) groups excluding carboxylic acids is 1. The van der Waals surface area contributed by atoms with Gasteiger partial charge in [-0.2, -0.15) is 0 Å². The van der Waals surface area contributed by atoms with Gasteiger partial charge >= 0.3 is 0 Å². The third-order valence-corrected chi connectivity index (χ3v) is 4.66. The molecule has 4 rings (SSSR count). The average molecular weight is 366 g/mol. The van der Waals surface area contributed by atoms with Gasteiger partial charge in [0, 0.05) is 38.6 Å². The molecule has 1 aliphatic heterocycles. The molecule has 1 aromatic carbocycles. The van der Waals surface area contributed by atoms with Gasteiger partial charge in [0.05, 0.1) is 6.42 Å². The van der Waals surface area contributed by atoms with E-state index in [0.29, 0.717) is 37.6 Å². The number of nitrogens with zero attached hydrogens (tertiary/aromatic N) is 6. The van der Waals surface area contributed by atoms with Crippen LogP contribution in [-0.4, -0.2) is 56.7 Å². The van der Waals surface area contributed by atoms with Gasteiger partial charge in [-0.25, -0.2) is 9.37 Å². The number of rotatable bonds is 4. The van der Waals surface area contributed by atoms with E-state index in [1.54, 1.807) is 40.2 Å². The lowest BCUT2D eigenvalue weighted by molar-refractivity contribution is -0.130. The van der Waals surface area contributed by atoms with E-state index in [1.165, 1.54) is 6.07 Å². The minimum absolute atomic E-state index is 0.0544. The van der Waals surface area contributed by atoms with Crippen molar-refractivity contribution < 1.29 is 9.18 Å². The number of hydrogen-bond donors (Lipinski definition) is 0. The molecule has 0 unspecified atom stereocenters. The highest BCUT2D eigenvalue weighted by molar-refractivity contribution is 5.79. The predicted octanol–water partition coefficient (Wildman–Crippen LogP) is 1.69. The maximum absolute atomic E-state index is 13.7. The maximum Gasteiger partial charge on any atom is 0.227 e. The Bertz CT molecular complexity index is 904. The number of anilines is 1. The number of imidazole rings is 1. The Hall–Kier alpha value is -3.29. The normalized spacial score (nSPS) is 14.4. The first-order valence-corrected chi connectivity index (χ1v) is 8.79. The van der Waals surface area contributed by atoms with Crippen LogP contribution in [0.4, 0.5) is 10.2 Å². The number of hydrogen-bond acceptors (Lipinski definition) is 5. The molecule has 3 aromatic rings. The molecule has 1 aliphatic rings. The van der Waals surface area contributed by atoms with E-state index in [4.69, 9.17) is 0 Å². The zero-order valence-corrected chi connectivity index (χ0v) is 14.7. The van der Waals surface area contributed by atoms with Crippen molar-refractivity contribution >= 4 is 11.7 Å². The molecule has 27 heavy (non-hydrogen) atoms. The Labute approximate surface area is 156 Å². The fourth-order valence-corrected chi connectivity index (χ4v) is 3.12. The summed E-state index contributed by atoms with van der Waals surface area (Å²) in [5.74, 6) is 1.09. The summed E-state index contributed by atoms with van der Waals surface area (Å²) in [6.07, 6.45) is 5.26. The van der Waals surface area contributed by atoms with Gasteiger partial charge in [-0.15, -0.1) is 10.2 Å². The Morgan fingerprint density at radius 1 is 1.00 bits per heavy atom. The first-order chi connectivity index (χ1) is 13.2. The maximum atomic E-state index is 13.7. The molecule has 138 valence electrons. The molecule has 0 spiro atoms. The van der Waals surface area contributed by atoms with Gasteiger partial charge in [-0.1, -0.05) is 18.2 Å². The number of carbonyl (C=O) groups is 1. The van der Waals surface area contributed by atoms with Crippen LogP contribution < -0.4 is 4.90 Å². The van der Waals surface area contributed by atoms with E-state index in [-0.39, 0.29) is 18.1 Å². The van der Waals surface area contributed by atoms with Crippen molar-refractivity contribution in [2.24, 2.45) is 0 Å². The Kier molecular flexibility index (Phi) is 4.78. The molecule has 1 saturated heterocycles. The molecule has 1 fully saturated rings. The number of halogens is 1. The van der Waals surface area contributed by atoms with Gasteiger partial charge in [0.25, 0.3) is 0 Å². The zero-order chi connectivity index (χ0) is 18.6. The minimum Gasteiger partial charge on any atom is -0.352 e. The monoisotopic (exact) mass is 366 g/mol. The molecule has 1 amide bonds. The first kappa shape index (κ1) is 17.1. The highest BCUT2D eigenvalue weighted by Gasteiger charge is 2.22. The molecular weight excluding hydrogens is 347 g/mol. The summed E-state index contributed by atoms with van der Waals surface area (Å²) in [5, 5.41) is 8.51. The van der Waals surface area contributed by atoms with Crippen LogP contribution >= 0.6 is 0 Å². The van der Waals surface area contributed by atoms with E-state index in [9.17, 15) is 9.18 Å². The molecule has 0 radical (unpaired) electrons. The molecule has 0 saturated carbocycles. The smallest absolute Gasteiger partial charge is 0.227 e. The van der Waals surface area contributed by atoms with Crippen molar-refractivity contribution in [2.45, 2.75) is 6.42 Å². The molecule has 2 aromatic heterocycles. The van der Waals surface area contributed by atoms with Crippen molar-refractivity contribution in [1.29, 1.82) is 0 Å². The van der Waals surface area contributed by atoms with Crippen LogP contribution in [0.25, 0.3) is 5.82 Å². The molecule has 0 atom stereocenters. The number of aromatic nitrogens is 4. The molecule has 7 nitrogen and oxygen atoms in total. The summed E-state index contributed by atoms with van der Waals surface area (Å²) in [5.41, 5.74) is 0.436. The molecule has 8 heteroatoms. The summed E-state index contributed by atoms with van der Waals surface area (Å²) >= 11 is 0. The lowest BCUT2D eigenvalue weighted by Crippen LogP contribution is -2.49. The third-order valence-electron chi connectivity index (χ3n) is 4.66. The highest BCUT2D eigenvalue weighted by atomic mass is 19.1. The summed E-state index contributed by atoms with van der Waals surface area (Å²) < 4.78 is 15.5. The Morgan fingerprint density at radius 3 is 2.41 bits per heavy atom. The van der Waals surface area contributed by atoms with Gasteiger partial charge in [0.1, 0.15) is 12.1 Å². The number of piperazine rings is 1. The van der Waals surface area contributed by atoms with Crippen molar-refractivity contribution in [3.05, 3.63) is 66.5 Å². The van der Waals surface area contributed by atoms with Crippen LogP contribution in [0.3, 0.4) is 0 Å². The van der Waals surface area contributed by atoms with Crippen molar-refractivity contribution in [3.8, 4) is 5.82 Å². The SMILES string of the molecule is O=C(Cc1ccccc1F)N1CCN(c2ccc(-n3ccnc3)nn2)CC1. The fraction of sp³-hybridized carbons (Fsp3) is 0.263.